The van der Waals surface area contributed by atoms with Gasteiger partial charge in [0.2, 0.25) is 11.8 Å². The van der Waals surface area contributed by atoms with E-state index in [1.807, 2.05) is 66.9 Å². The highest BCUT2D eigenvalue weighted by Gasteiger charge is 2.49. The Morgan fingerprint density at radius 2 is 1.74 bits per heavy atom. The number of rotatable bonds is 5. The highest BCUT2D eigenvalue weighted by molar-refractivity contribution is 5.92. The first-order chi connectivity index (χ1) is 16.9. The molecule has 2 N–H and O–H groups in total. The van der Waals surface area contributed by atoms with Gasteiger partial charge in [-0.15, -0.1) is 0 Å². The summed E-state index contributed by atoms with van der Waals surface area (Å²) in [6.45, 7) is 0. The molecule has 0 radical (unpaired) electrons. The van der Waals surface area contributed by atoms with Crippen molar-refractivity contribution in [1.29, 1.82) is 0 Å². The summed E-state index contributed by atoms with van der Waals surface area (Å²) in [6.07, 6.45) is 6.29. The Kier molecular flexibility index (Phi) is 4.95. The average molecular weight is 469 g/mol. The minimum Gasteiger partial charge on any atom is -0.340 e. The molecular formula is C27H21F2N5O. The molecule has 0 aliphatic heterocycles. The van der Waals surface area contributed by atoms with Crippen LogP contribution in [-0.4, -0.2) is 31.6 Å². The lowest BCUT2D eigenvalue weighted by molar-refractivity contribution is -0.0999. The van der Waals surface area contributed by atoms with Gasteiger partial charge in [-0.1, -0.05) is 30.3 Å². The molecule has 0 spiro atoms. The zero-order chi connectivity index (χ0) is 24.0. The topological polar surface area (TPSA) is 75.6 Å². The number of H-pyrrole nitrogens is 1. The molecule has 0 saturated heterocycles. The fourth-order valence-electron chi connectivity index (χ4n) is 4.44. The number of halogens is 2. The van der Waals surface area contributed by atoms with Crippen LogP contribution in [0.4, 0.5) is 20.3 Å². The zero-order valence-electron chi connectivity index (χ0n) is 18.6. The van der Waals surface area contributed by atoms with Crippen LogP contribution in [0.15, 0.2) is 85.5 Å². The average Bonchev–Trinajstić information content (AvgIpc) is 3.52. The van der Waals surface area contributed by atoms with E-state index in [-0.39, 0.29) is 18.7 Å². The molecule has 1 aliphatic carbocycles. The highest BCUT2D eigenvalue weighted by Crippen LogP contribution is 2.43. The smallest absolute Gasteiger partial charge is 0.249 e. The molecule has 0 bridgehead atoms. The van der Waals surface area contributed by atoms with Crippen molar-refractivity contribution in [3.8, 4) is 22.4 Å². The molecule has 1 aliphatic rings. The van der Waals surface area contributed by atoms with Gasteiger partial charge in [0.05, 0.1) is 17.8 Å². The number of anilines is 2. The first kappa shape index (κ1) is 21.2. The number of benzene rings is 2. The van der Waals surface area contributed by atoms with E-state index >= 15 is 0 Å². The number of carbonyl (C=O) groups excluding carboxylic acids is 1. The maximum absolute atomic E-state index is 13.2. The molecule has 8 heteroatoms. The normalized spacial score (nSPS) is 15.1. The molecule has 0 unspecified atom stereocenters. The number of hydrogen-bond donors (Lipinski definition) is 2. The molecule has 35 heavy (non-hydrogen) atoms. The second-order valence-corrected chi connectivity index (χ2v) is 8.91. The molecular weight excluding hydrogens is 448 g/mol. The van der Waals surface area contributed by atoms with Gasteiger partial charge in [0, 0.05) is 53.6 Å². The van der Waals surface area contributed by atoms with Gasteiger partial charge in [-0.3, -0.25) is 14.5 Å². The number of pyridine rings is 1. The van der Waals surface area contributed by atoms with E-state index in [4.69, 9.17) is 4.98 Å². The minimum atomic E-state index is -2.72. The van der Waals surface area contributed by atoms with Crippen molar-refractivity contribution in [3.63, 3.8) is 0 Å². The number of aromatic nitrogens is 4. The molecule has 1 saturated carbocycles. The molecule has 6 rings (SSSR count). The predicted molar refractivity (Wildman–Crippen MR) is 131 cm³/mol. The summed E-state index contributed by atoms with van der Waals surface area (Å²) in [5, 5.41) is 11.9. The number of nitrogens with zero attached hydrogens (tertiary/aromatic N) is 3. The quantitative estimate of drug-likeness (QED) is 0.307. The van der Waals surface area contributed by atoms with Gasteiger partial charge in [0.1, 0.15) is 5.82 Å². The lowest BCUT2D eigenvalue weighted by Gasteiger charge is -2.33. The molecule has 174 valence electrons. The fourth-order valence-corrected chi connectivity index (χ4v) is 4.44. The van der Waals surface area contributed by atoms with E-state index in [0.717, 1.165) is 38.8 Å². The third-order valence-corrected chi connectivity index (χ3v) is 6.37. The summed E-state index contributed by atoms with van der Waals surface area (Å²) >= 11 is 0. The fraction of sp³-hybridized carbons (Fsp3) is 0.148. The van der Waals surface area contributed by atoms with E-state index < -0.39 is 11.8 Å². The Hall–Kier alpha value is -4.33. The predicted octanol–water partition coefficient (Wildman–Crippen LogP) is 6.52. The van der Waals surface area contributed by atoms with Gasteiger partial charge in [0.15, 0.2) is 0 Å². The number of nitrogens with one attached hydrogen (secondary N) is 2. The van der Waals surface area contributed by atoms with E-state index in [0.29, 0.717) is 5.82 Å². The van der Waals surface area contributed by atoms with Crippen LogP contribution < -0.4 is 5.32 Å². The minimum absolute atomic E-state index is 0.281. The maximum Gasteiger partial charge on any atom is 0.249 e. The van der Waals surface area contributed by atoms with Crippen molar-refractivity contribution in [3.05, 3.63) is 85.5 Å². The Morgan fingerprint density at radius 3 is 2.49 bits per heavy atom. The van der Waals surface area contributed by atoms with Gasteiger partial charge in [-0.05, 0) is 41.3 Å². The van der Waals surface area contributed by atoms with Crippen molar-refractivity contribution < 1.29 is 13.6 Å². The standard InChI is InChI=1S/C27H21F2N5O/c28-27(29)11-21(12-27)26(35)34-15-19-5-4-18(10-20(19)16-34)24-2-1-3-25(33-24)32-23-8-6-17(7-9-23)22-13-30-31-14-22/h1-10,13-16,21H,11-12H2,(H,30,31)(H,32,33). The molecule has 0 atom stereocenters. The summed E-state index contributed by atoms with van der Waals surface area (Å²) in [7, 11) is 0. The van der Waals surface area contributed by atoms with E-state index in [2.05, 4.69) is 15.5 Å². The summed E-state index contributed by atoms with van der Waals surface area (Å²) in [6, 6.07) is 19.6. The Bertz CT molecular complexity index is 1520. The van der Waals surface area contributed by atoms with Crippen molar-refractivity contribution in [2.45, 2.75) is 18.8 Å². The number of carbonyl (C=O) groups is 1. The molecule has 2 aromatic carbocycles. The van der Waals surface area contributed by atoms with E-state index in [1.165, 1.54) is 4.57 Å². The van der Waals surface area contributed by atoms with Crippen LogP contribution in [0.5, 0.6) is 0 Å². The highest BCUT2D eigenvalue weighted by atomic mass is 19.3. The summed E-state index contributed by atoms with van der Waals surface area (Å²) in [4.78, 5) is 17.3. The Labute approximate surface area is 199 Å². The van der Waals surface area contributed by atoms with Crippen molar-refractivity contribution in [2.75, 3.05) is 5.32 Å². The van der Waals surface area contributed by atoms with Gasteiger partial charge in [-0.25, -0.2) is 13.8 Å². The number of hydrogen-bond acceptors (Lipinski definition) is 4. The van der Waals surface area contributed by atoms with Crippen LogP contribution >= 0.6 is 0 Å². The molecule has 0 amide bonds. The van der Waals surface area contributed by atoms with Crippen LogP contribution in [0, 0.1) is 5.92 Å². The van der Waals surface area contributed by atoms with Crippen LogP contribution in [0.3, 0.4) is 0 Å². The number of alkyl halides is 2. The number of aromatic amines is 1. The maximum atomic E-state index is 13.2. The Morgan fingerprint density at radius 1 is 0.971 bits per heavy atom. The molecule has 6 nitrogen and oxygen atoms in total. The Balaban J connectivity index is 1.21. The third-order valence-electron chi connectivity index (χ3n) is 6.37. The van der Waals surface area contributed by atoms with Gasteiger partial charge >= 0.3 is 0 Å². The second kappa shape index (κ2) is 8.16. The zero-order valence-corrected chi connectivity index (χ0v) is 18.6. The van der Waals surface area contributed by atoms with Crippen molar-refractivity contribution in [1.82, 2.24) is 19.7 Å². The molecule has 1 fully saturated rings. The second-order valence-electron chi connectivity index (χ2n) is 8.91. The lowest BCUT2D eigenvalue weighted by atomic mass is 9.81. The van der Waals surface area contributed by atoms with Crippen LogP contribution in [0.2, 0.25) is 0 Å². The number of fused-ring (bicyclic) bond motifs is 1. The first-order valence-corrected chi connectivity index (χ1v) is 11.3. The van der Waals surface area contributed by atoms with Crippen molar-refractivity contribution >= 4 is 28.2 Å². The van der Waals surface area contributed by atoms with Gasteiger partial charge in [0.25, 0.3) is 0 Å². The van der Waals surface area contributed by atoms with Crippen LogP contribution in [-0.2, 0) is 0 Å². The van der Waals surface area contributed by atoms with E-state index in [1.54, 1.807) is 18.6 Å². The molecule has 3 aromatic heterocycles. The van der Waals surface area contributed by atoms with Gasteiger partial charge in [-0.2, -0.15) is 5.10 Å². The SMILES string of the molecule is O=C(C1CC(F)(F)C1)n1cc2ccc(-c3cccc(Nc4ccc(-c5cn[nH]c5)cc4)n3)cc2c1. The summed E-state index contributed by atoms with van der Waals surface area (Å²) in [5.41, 5.74) is 4.68. The van der Waals surface area contributed by atoms with Crippen LogP contribution in [0.1, 0.15) is 17.6 Å². The third kappa shape index (κ3) is 4.19. The summed E-state index contributed by atoms with van der Waals surface area (Å²) < 4.78 is 27.8. The van der Waals surface area contributed by atoms with Crippen molar-refractivity contribution in [2.24, 2.45) is 5.92 Å². The summed E-state index contributed by atoms with van der Waals surface area (Å²) in [5.74, 6) is -2.91. The molecule has 5 aromatic rings. The molecule has 3 heterocycles. The first-order valence-electron chi connectivity index (χ1n) is 11.3. The van der Waals surface area contributed by atoms with Gasteiger partial charge < -0.3 is 5.32 Å². The largest absolute Gasteiger partial charge is 0.340 e. The lowest BCUT2D eigenvalue weighted by Crippen LogP contribution is -2.41. The van der Waals surface area contributed by atoms with E-state index in [9.17, 15) is 13.6 Å². The monoisotopic (exact) mass is 469 g/mol. The van der Waals surface area contributed by atoms with Crippen LogP contribution in [0.25, 0.3) is 33.2 Å².